The van der Waals surface area contributed by atoms with E-state index in [9.17, 15) is 9.59 Å². The number of carbonyl (C=O) groups excluding carboxylic acids is 2. The van der Waals surface area contributed by atoms with Gasteiger partial charge in [-0.2, -0.15) is 4.98 Å². The molecule has 0 saturated heterocycles. The molecule has 7 nitrogen and oxygen atoms in total. The third-order valence-corrected chi connectivity index (χ3v) is 6.53. The van der Waals surface area contributed by atoms with Gasteiger partial charge >= 0.3 is 0 Å². The number of pyridine rings is 1. The van der Waals surface area contributed by atoms with Gasteiger partial charge in [0.25, 0.3) is 5.91 Å². The van der Waals surface area contributed by atoms with Crippen molar-refractivity contribution in [1.29, 1.82) is 0 Å². The van der Waals surface area contributed by atoms with E-state index in [2.05, 4.69) is 15.6 Å². The first-order chi connectivity index (χ1) is 14.8. The molecule has 4 rings (SSSR count). The smallest absolute Gasteiger partial charge is 0.275 e. The minimum absolute atomic E-state index is 0. The molecule has 0 spiro atoms. The second kappa shape index (κ2) is 9.65. The Bertz CT molecular complexity index is 1010. The molecule has 2 heterocycles. The van der Waals surface area contributed by atoms with Crippen LogP contribution < -0.4 is 20.3 Å². The van der Waals surface area contributed by atoms with E-state index in [1.54, 1.807) is 43.1 Å². The molecule has 9 heteroatoms. The van der Waals surface area contributed by atoms with Crippen molar-refractivity contribution < 1.29 is 14.3 Å². The van der Waals surface area contributed by atoms with Crippen LogP contribution in [0.15, 0.2) is 36.4 Å². The standard InChI is InChI=1S/C23H27ClN4O3.ClH/c1-14(25-3)20(29)26-19-12-11-18-21(27-19)31-23(2,15-7-4-5-8-15)22(30)28(18)17-10-6-9-16(24)13-17;/h6,9-15,25H,4-5,7-8H2,1-3H3,(H,26,27,29);1H/t14-,23?;/m0./s1. The van der Waals surface area contributed by atoms with Crippen LogP contribution in [0.1, 0.15) is 39.5 Å². The van der Waals surface area contributed by atoms with Crippen molar-refractivity contribution in [3.63, 3.8) is 0 Å². The van der Waals surface area contributed by atoms with Gasteiger partial charge in [0, 0.05) is 10.9 Å². The Morgan fingerprint density at radius 3 is 2.66 bits per heavy atom. The third kappa shape index (κ3) is 4.42. The van der Waals surface area contributed by atoms with Gasteiger partial charge in [-0.1, -0.05) is 30.5 Å². The number of hydrogen-bond donors (Lipinski definition) is 2. The van der Waals surface area contributed by atoms with Gasteiger partial charge in [-0.3, -0.25) is 14.5 Å². The Morgan fingerprint density at radius 2 is 2.00 bits per heavy atom. The summed E-state index contributed by atoms with van der Waals surface area (Å²) in [5, 5.41) is 6.24. The topological polar surface area (TPSA) is 83.6 Å². The maximum atomic E-state index is 13.8. The minimum atomic E-state index is -1.04. The fourth-order valence-electron chi connectivity index (χ4n) is 4.30. The largest absolute Gasteiger partial charge is 0.459 e. The number of anilines is 3. The number of carbonyl (C=O) groups is 2. The number of rotatable bonds is 5. The number of fused-ring (bicyclic) bond motifs is 1. The number of benzene rings is 1. The molecule has 32 heavy (non-hydrogen) atoms. The van der Waals surface area contributed by atoms with Crippen LogP contribution in [-0.4, -0.2) is 35.5 Å². The fourth-order valence-corrected chi connectivity index (χ4v) is 4.48. The van der Waals surface area contributed by atoms with E-state index >= 15 is 0 Å². The van der Waals surface area contributed by atoms with Gasteiger partial charge in [0.2, 0.25) is 11.8 Å². The van der Waals surface area contributed by atoms with Crippen LogP contribution in [0, 0.1) is 5.92 Å². The second-order valence-corrected chi connectivity index (χ2v) is 8.77. The first-order valence-corrected chi connectivity index (χ1v) is 11.0. The maximum absolute atomic E-state index is 13.8. The quantitative estimate of drug-likeness (QED) is 0.649. The molecule has 172 valence electrons. The number of aromatic nitrogens is 1. The summed E-state index contributed by atoms with van der Waals surface area (Å²) in [5.74, 6) is 0.465. The number of likely N-dealkylation sites (N-methyl/N-ethyl adjacent to an activating group) is 1. The average molecular weight is 479 g/mol. The van der Waals surface area contributed by atoms with Gasteiger partial charge in [-0.15, -0.1) is 12.4 Å². The van der Waals surface area contributed by atoms with Gasteiger partial charge in [0.1, 0.15) is 11.5 Å². The normalized spacial score (nSPS) is 21.4. The van der Waals surface area contributed by atoms with Crippen LogP contribution in [0.25, 0.3) is 0 Å². The Labute approximate surface area is 199 Å². The molecule has 2 aromatic rings. The molecule has 1 saturated carbocycles. The summed E-state index contributed by atoms with van der Waals surface area (Å²) in [7, 11) is 1.72. The highest BCUT2D eigenvalue weighted by molar-refractivity contribution is 6.31. The lowest BCUT2D eigenvalue weighted by atomic mass is 9.85. The molecule has 2 atom stereocenters. The first kappa shape index (κ1) is 24.3. The summed E-state index contributed by atoms with van der Waals surface area (Å²) < 4.78 is 6.30. The monoisotopic (exact) mass is 478 g/mol. The van der Waals surface area contributed by atoms with Crippen LogP contribution in [0.3, 0.4) is 0 Å². The van der Waals surface area contributed by atoms with E-state index in [0.29, 0.717) is 28.1 Å². The lowest BCUT2D eigenvalue weighted by molar-refractivity contribution is -0.138. The van der Waals surface area contributed by atoms with E-state index in [1.807, 2.05) is 19.1 Å². The van der Waals surface area contributed by atoms with Crippen molar-refractivity contribution in [3.8, 4) is 5.88 Å². The van der Waals surface area contributed by atoms with Crippen LogP contribution in [0.2, 0.25) is 5.02 Å². The molecule has 1 aromatic carbocycles. The predicted molar refractivity (Wildman–Crippen MR) is 128 cm³/mol. The Balaban J connectivity index is 0.00000289. The molecular formula is C23H28Cl2N4O3. The van der Waals surface area contributed by atoms with Crippen molar-refractivity contribution >= 4 is 53.0 Å². The van der Waals surface area contributed by atoms with Crippen molar-refractivity contribution in [3.05, 3.63) is 41.4 Å². The summed E-state index contributed by atoms with van der Waals surface area (Å²) in [5.41, 5.74) is 0.149. The number of nitrogens with one attached hydrogen (secondary N) is 2. The van der Waals surface area contributed by atoms with E-state index in [0.717, 1.165) is 25.7 Å². The van der Waals surface area contributed by atoms with Crippen molar-refractivity contribution in [2.75, 3.05) is 17.3 Å². The van der Waals surface area contributed by atoms with E-state index in [4.69, 9.17) is 16.3 Å². The number of halogens is 2. The summed E-state index contributed by atoms with van der Waals surface area (Å²) >= 11 is 6.22. The summed E-state index contributed by atoms with van der Waals surface area (Å²) in [6, 6.07) is 10.2. The van der Waals surface area contributed by atoms with Gasteiger partial charge < -0.3 is 15.4 Å². The average Bonchev–Trinajstić information content (AvgIpc) is 3.30. The third-order valence-electron chi connectivity index (χ3n) is 6.30. The highest BCUT2D eigenvalue weighted by atomic mass is 35.5. The lowest BCUT2D eigenvalue weighted by Gasteiger charge is -2.43. The van der Waals surface area contributed by atoms with Crippen LogP contribution in [0.4, 0.5) is 17.2 Å². The zero-order valence-corrected chi connectivity index (χ0v) is 19.9. The Kier molecular flexibility index (Phi) is 7.32. The number of amides is 2. The molecular weight excluding hydrogens is 451 g/mol. The number of hydrogen-bond acceptors (Lipinski definition) is 5. The molecule has 0 radical (unpaired) electrons. The lowest BCUT2D eigenvalue weighted by Crippen LogP contribution is -2.56. The SMILES string of the molecule is CN[C@@H](C)C(=O)Nc1ccc2c(n1)OC(C)(C1CCCC1)C(=O)N2c1cccc(Cl)c1.Cl. The highest BCUT2D eigenvalue weighted by Crippen LogP contribution is 2.47. The van der Waals surface area contributed by atoms with Crippen LogP contribution in [-0.2, 0) is 9.59 Å². The molecule has 1 unspecified atom stereocenters. The van der Waals surface area contributed by atoms with E-state index in [1.165, 1.54) is 0 Å². The van der Waals surface area contributed by atoms with E-state index < -0.39 is 5.60 Å². The molecule has 1 aliphatic carbocycles. The van der Waals surface area contributed by atoms with Gasteiger partial charge in [-0.25, -0.2) is 0 Å². The Hall–Kier alpha value is -2.35. The molecule has 2 N–H and O–H groups in total. The molecule has 2 aliphatic rings. The minimum Gasteiger partial charge on any atom is -0.459 e. The van der Waals surface area contributed by atoms with Crippen molar-refractivity contribution in [2.24, 2.45) is 5.92 Å². The Morgan fingerprint density at radius 1 is 1.28 bits per heavy atom. The van der Waals surface area contributed by atoms with Gasteiger partial charge in [0.15, 0.2) is 5.60 Å². The fraction of sp³-hybridized carbons (Fsp3) is 0.435. The van der Waals surface area contributed by atoms with Crippen LogP contribution in [0.5, 0.6) is 5.88 Å². The summed E-state index contributed by atoms with van der Waals surface area (Å²) in [4.78, 5) is 32.2. The summed E-state index contributed by atoms with van der Waals surface area (Å²) in [6.07, 6.45) is 4.01. The molecule has 1 aliphatic heterocycles. The zero-order valence-electron chi connectivity index (χ0n) is 18.4. The summed E-state index contributed by atoms with van der Waals surface area (Å²) in [6.45, 7) is 3.61. The molecule has 1 fully saturated rings. The molecule has 0 bridgehead atoms. The molecule has 1 aromatic heterocycles. The van der Waals surface area contributed by atoms with E-state index in [-0.39, 0.29) is 36.2 Å². The predicted octanol–water partition coefficient (Wildman–Crippen LogP) is 4.71. The number of ether oxygens (including phenoxy) is 1. The maximum Gasteiger partial charge on any atom is 0.275 e. The second-order valence-electron chi connectivity index (χ2n) is 8.33. The van der Waals surface area contributed by atoms with Gasteiger partial charge in [0.05, 0.1) is 11.7 Å². The van der Waals surface area contributed by atoms with Crippen LogP contribution >= 0.6 is 24.0 Å². The van der Waals surface area contributed by atoms with Crippen molar-refractivity contribution in [1.82, 2.24) is 10.3 Å². The highest BCUT2D eigenvalue weighted by Gasteiger charge is 2.51. The zero-order chi connectivity index (χ0) is 22.2. The van der Waals surface area contributed by atoms with Gasteiger partial charge in [-0.05, 0) is 64.1 Å². The number of nitrogens with zero attached hydrogens (tertiary/aromatic N) is 2. The first-order valence-electron chi connectivity index (χ1n) is 10.6. The van der Waals surface area contributed by atoms with Crippen molar-refractivity contribution in [2.45, 2.75) is 51.2 Å². The molecule has 2 amide bonds.